The maximum atomic E-state index is 10.7. The summed E-state index contributed by atoms with van der Waals surface area (Å²) in [7, 11) is -2.25. The summed E-state index contributed by atoms with van der Waals surface area (Å²) in [6.07, 6.45) is 1.41. The van der Waals surface area contributed by atoms with Crippen molar-refractivity contribution in [3.8, 4) is 0 Å². The second kappa shape index (κ2) is 7.01. The van der Waals surface area contributed by atoms with Gasteiger partial charge in [0.25, 0.3) is 0 Å². The Hall–Kier alpha value is 1.57. The fraction of sp³-hybridized carbons (Fsp3) is 0.333. The molecule has 2 nitrogen and oxygen atoms in total. The van der Waals surface area contributed by atoms with E-state index in [1.54, 1.807) is 0 Å². The Morgan fingerprint density at radius 2 is 1.43 bits per heavy atom. The molecule has 0 aromatic heterocycles. The van der Waals surface area contributed by atoms with Crippen LogP contribution in [0, 0.1) is 0 Å². The third kappa shape index (κ3) is 3.55. The average molecular weight is 226 g/mol. The summed E-state index contributed by atoms with van der Waals surface area (Å²) in [6.45, 7) is 0. The van der Waals surface area contributed by atoms with Crippen LogP contribution in [-0.4, -0.2) is 5.66 Å². The molecule has 0 atom stereocenters. The quantitative estimate of drug-likeness (QED) is 0.354. The average Bonchev–Trinajstić information content (AvgIpc) is 2.46. The fourth-order valence-corrected chi connectivity index (χ4v) is 2.38. The van der Waals surface area contributed by atoms with Crippen molar-refractivity contribution in [3.05, 3.63) is 35.4 Å². The van der Waals surface area contributed by atoms with E-state index >= 15 is 0 Å². The summed E-state index contributed by atoms with van der Waals surface area (Å²) < 4.78 is 0. The van der Waals surface area contributed by atoms with Crippen molar-refractivity contribution in [2.24, 2.45) is 0 Å². The second-order valence-electron chi connectivity index (χ2n) is 3.12. The van der Waals surface area contributed by atoms with E-state index in [4.69, 9.17) is 0 Å². The van der Waals surface area contributed by atoms with Gasteiger partial charge < -0.3 is 18.2 Å². The Balaban J connectivity index is 0.000000845. The molecule has 5 heteroatoms. The topological polar surface area (TPSA) is 46.1 Å². The molecule has 1 aromatic rings. The monoisotopic (exact) mass is 226 g/mol. The van der Waals surface area contributed by atoms with Gasteiger partial charge in [-0.1, -0.05) is 24.3 Å². The van der Waals surface area contributed by atoms with E-state index < -0.39 is 8.38 Å². The van der Waals surface area contributed by atoms with Crippen molar-refractivity contribution >= 4 is 8.38 Å². The van der Waals surface area contributed by atoms with Gasteiger partial charge in [-0.25, -0.2) is 0 Å². The molecule has 1 aromatic carbocycles. The summed E-state index contributed by atoms with van der Waals surface area (Å²) >= 11 is 0. The molecule has 0 amide bonds. The fourth-order valence-electron chi connectivity index (χ4n) is 1.68. The van der Waals surface area contributed by atoms with Crippen LogP contribution in [-0.2, 0) is 12.8 Å². The SMILES string of the molecule is [Na+].[Na+].[O-]P([O-])C1Cc2ccccc2C1. The van der Waals surface area contributed by atoms with Crippen molar-refractivity contribution in [2.45, 2.75) is 18.5 Å². The van der Waals surface area contributed by atoms with E-state index in [1.165, 1.54) is 11.1 Å². The Labute approximate surface area is 130 Å². The number of hydrogen-bond acceptors (Lipinski definition) is 2. The van der Waals surface area contributed by atoms with Crippen molar-refractivity contribution in [2.75, 3.05) is 0 Å². The van der Waals surface area contributed by atoms with Gasteiger partial charge in [0.15, 0.2) is 0 Å². The third-order valence-corrected chi connectivity index (χ3v) is 3.29. The van der Waals surface area contributed by atoms with Gasteiger partial charge in [0.2, 0.25) is 0 Å². The van der Waals surface area contributed by atoms with Gasteiger partial charge in [0, 0.05) is 0 Å². The van der Waals surface area contributed by atoms with Crippen molar-refractivity contribution in [3.63, 3.8) is 0 Å². The maximum Gasteiger partial charge on any atom is 1.00 e. The first-order valence-corrected chi connectivity index (χ1v) is 5.22. The molecule has 1 aliphatic rings. The predicted molar refractivity (Wildman–Crippen MR) is 44.6 cm³/mol. The molecular weight excluding hydrogens is 217 g/mol. The molecule has 0 radical (unpaired) electrons. The zero-order valence-electron chi connectivity index (χ0n) is 8.56. The molecule has 1 aliphatic carbocycles. The molecule has 0 fully saturated rings. The van der Waals surface area contributed by atoms with Gasteiger partial charge in [0.05, 0.1) is 0 Å². The molecule has 0 aliphatic heterocycles. The number of hydrogen-bond donors (Lipinski definition) is 0. The van der Waals surface area contributed by atoms with Crippen LogP contribution in [0.3, 0.4) is 0 Å². The van der Waals surface area contributed by atoms with Crippen LogP contribution in [0.25, 0.3) is 0 Å². The predicted octanol–water partition coefficient (Wildman–Crippen LogP) is -5.81. The number of rotatable bonds is 1. The summed E-state index contributed by atoms with van der Waals surface area (Å²) in [5.41, 5.74) is 2.24. The Kier molecular flexibility index (Phi) is 7.79. The van der Waals surface area contributed by atoms with Crippen LogP contribution < -0.4 is 68.9 Å². The van der Waals surface area contributed by atoms with Crippen LogP contribution in [0.4, 0.5) is 0 Å². The zero-order chi connectivity index (χ0) is 8.55. The van der Waals surface area contributed by atoms with Gasteiger partial charge in [-0.15, -0.1) is 0 Å². The van der Waals surface area contributed by atoms with E-state index in [9.17, 15) is 9.79 Å². The van der Waals surface area contributed by atoms with E-state index in [2.05, 4.69) is 0 Å². The third-order valence-electron chi connectivity index (χ3n) is 2.33. The molecule has 64 valence electrons. The number of fused-ring (bicyclic) bond motifs is 1. The minimum Gasteiger partial charge on any atom is -0.841 e. The smallest absolute Gasteiger partial charge is 0.841 e. The Bertz CT molecular complexity index is 269. The first kappa shape index (κ1) is 15.6. The molecule has 0 heterocycles. The minimum absolute atomic E-state index is 0. The zero-order valence-corrected chi connectivity index (χ0v) is 13.5. The summed E-state index contributed by atoms with van der Waals surface area (Å²) in [4.78, 5) is 21.4. The molecule has 0 N–H and O–H groups in total. The first-order valence-electron chi connectivity index (χ1n) is 3.97. The van der Waals surface area contributed by atoms with Crippen LogP contribution >= 0.6 is 8.38 Å². The van der Waals surface area contributed by atoms with Gasteiger partial charge in [-0.2, -0.15) is 0 Å². The molecule has 0 saturated carbocycles. The van der Waals surface area contributed by atoms with E-state index in [1.807, 2.05) is 24.3 Å². The van der Waals surface area contributed by atoms with Crippen molar-refractivity contribution < 1.29 is 68.9 Å². The molecule has 0 unspecified atom stereocenters. The Morgan fingerprint density at radius 3 is 1.79 bits per heavy atom. The normalized spacial score (nSPS) is 14.5. The minimum atomic E-state index is -2.25. The van der Waals surface area contributed by atoms with Gasteiger partial charge in [-0.3, -0.25) is 0 Å². The first-order chi connectivity index (χ1) is 5.77. The van der Waals surface area contributed by atoms with E-state index in [0.29, 0.717) is 12.8 Å². The molecule has 0 bridgehead atoms. The maximum absolute atomic E-state index is 10.7. The van der Waals surface area contributed by atoms with Gasteiger partial charge in [0.1, 0.15) is 0 Å². The van der Waals surface area contributed by atoms with Gasteiger partial charge in [-0.05, 0) is 29.6 Å². The summed E-state index contributed by atoms with van der Waals surface area (Å²) in [6, 6.07) is 7.93. The van der Waals surface area contributed by atoms with Crippen LogP contribution in [0.5, 0.6) is 0 Å². The molecular formula is C9H9Na2O2P. The Morgan fingerprint density at radius 1 is 1.00 bits per heavy atom. The van der Waals surface area contributed by atoms with Crippen LogP contribution in [0.1, 0.15) is 11.1 Å². The largest absolute Gasteiger partial charge is 1.00 e. The van der Waals surface area contributed by atoms with Crippen LogP contribution in [0.2, 0.25) is 0 Å². The molecule has 2 rings (SSSR count). The summed E-state index contributed by atoms with van der Waals surface area (Å²) in [5, 5.41) is 0. The van der Waals surface area contributed by atoms with E-state index in [-0.39, 0.29) is 64.8 Å². The summed E-state index contributed by atoms with van der Waals surface area (Å²) in [5.74, 6) is 0. The van der Waals surface area contributed by atoms with Crippen molar-refractivity contribution in [1.29, 1.82) is 0 Å². The molecule has 0 saturated heterocycles. The van der Waals surface area contributed by atoms with E-state index in [0.717, 1.165) is 0 Å². The van der Waals surface area contributed by atoms with Crippen LogP contribution in [0.15, 0.2) is 24.3 Å². The second-order valence-corrected chi connectivity index (χ2v) is 4.42. The molecule has 14 heavy (non-hydrogen) atoms. The van der Waals surface area contributed by atoms with Crippen molar-refractivity contribution in [1.82, 2.24) is 0 Å². The molecule has 0 spiro atoms. The standard InChI is InChI=1S/C9H9O2P.2Na/c10-12(11)9-5-7-3-1-2-4-8(7)6-9;;/h1-4,9H,5-6H2;;/q-2;2*+1. The number of benzene rings is 1. The van der Waals surface area contributed by atoms with Gasteiger partial charge >= 0.3 is 59.1 Å².